The number of hydrogen-bond acceptors (Lipinski definition) is 9. The van der Waals surface area contributed by atoms with Crippen molar-refractivity contribution in [2.75, 3.05) is 19.8 Å². The highest BCUT2D eigenvalue weighted by atomic mass is 31.2. The number of carbonyl (C=O) groups excluding carboxylic acids is 2. The Morgan fingerprint density at radius 3 is 1.37 bits per heavy atom. The molecule has 4 N–H and O–H groups in total. The van der Waals surface area contributed by atoms with E-state index >= 15 is 0 Å². The van der Waals surface area contributed by atoms with Crippen molar-refractivity contribution in [1.82, 2.24) is 0 Å². The quantitative estimate of drug-likeness (QED) is 0.0230. The molecule has 0 aromatic rings. The summed E-state index contributed by atoms with van der Waals surface area (Å²) >= 11 is 0. The minimum absolute atomic E-state index is 0.157. The fourth-order valence-corrected chi connectivity index (χ4v) is 7.47. The summed E-state index contributed by atoms with van der Waals surface area (Å²) in [5.41, 5.74) is 5.34. The summed E-state index contributed by atoms with van der Waals surface area (Å²) in [6, 6.07) is -1.52. The molecule has 0 aliphatic heterocycles. The Morgan fingerprint density at radius 1 is 0.525 bits per heavy atom. The summed E-state index contributed by atoms with van der Waals surface area (Å²) in [7, 11) is -4.72. The lowest BCUT2D eigenvalue weighted by molar-refractivity contribution is -0.161. The van der Waals surface area contributed by atoms with Crippen LogP contribution in [0.1, 0.15) is 226 Å². The first-order chi connectivity index (χ1) is 28.6. The van der Waals surface area contributed by atoms with Crippen LogP contribution < -0.4 is 5.73 Å². The van der Waals surface area contributed by atoms with Gasteiger partial charge in [-0.15, -0.1) is 0 Å². The normalized spacial score (nSPS) is 13.8. The SMILES string of the molecule is CCCCCCCCCCC/C=C/C/C=C/CCCC(=O)OC[C@H](COP(=O)(O)OC[C@H](N)C(=O)O)OC(=O)CCCCCCCCCCCCCCCCCCCC. The maximum atomic E-state index is 12.7. The van der Waals surface area contributed by atoms with E-state index in [4.69, 9.17) is 24.8 Å². The van der Waals surface area contributed by atoms with Gasteiger partial charge in [0.15, 0.2) is 6.10 Å². The second-order valence-corrected chi connectivity index (χ2v) is 17.7. The van der Waals surface area contributed by atoms with Gasteiger partial charge >= 0.3 is 25.7 Å². The van der Waals surface area contributed by atoms with E-state index in [9.17, 15) is 23.8 Å². The molecular weight excluding hydrogens is 769 g/mol. The second kappa shape index (κ2) is 42.6. The third-order valence-electron chi connectivity index (χ3n) is 10.5. The van der Waals surface area contributed by atoms with Gasteiger partial charge in [0.05, 0.1) is 13.2 Å². The monoisotopic (exact) mass is 858 g/mol. The zero-order chi connectivity index (χ0) is 43.5. The van der Waals surface area contributed by atoms with Gasteiger partial charge in [0.25, 0.3) is 0 Å². The molecule has 0 aliphatic carbocycles. The summed E-state index contributed by atoms with van der Waals surface area (Å²) in [6.45, 7) is 2.80. The summed E-state index contributed by atoms with van der Waals surface area (Å²) < 4.78 is 32.7. The third kappa shape index (κ3) is 42.4. The number of carboxylic acids is 1. The number of nitrogens with two attached hydrogens (primary N) is 1. The highest BCUT2D eigenvalue weighted by molar-refractivity contribution is 7.47. The van der Waals surface area contributed by atoms with Crippen molar-refractivity contribution in [2.45, 2.75) is 238 Å². The Labute approximate surface area is 360 Å². The van der Waals surface area contributed by atoms with Gasteiger partial charge in [-0.3, -0.25) is 23.4 Å². The van der Waals surface area contributed by atoms with Gasteiger partial charge in [0, 0.05) is 12.8 Å². The third-order valence-corrected chi connectivity index (χ3v) is 11.4. The van der Waals surface area contributed by atoms with Crippen LogP contribution in [0.15, 0.2) is 24.3 Å². The lowest BCUT2D eigenvalue weighted by Gasteiger charge is -2.20. The number of phosphoric acid groups is 1. The van der Waals surface area contributed by atoms with Crippen molar-refractivity contribution in [2.24, 2.45) is 5.73 Å². The molecule has 3 atom stereocenters. The number of ether oxygens (including phenoxy) is 2. The van der Waals surface area contributed by atoms with E-state index in [-0.39, 0.29) is 19.4 Å². The number of hydrogen-bond donors (Lipinski definition) is 3. The van der Waals surface area contributed by atoms with E-state index in [0.717, 1.165) is 32.1 Å². The average Bonchev–Trinajstić information content (AvgIpc) is 3.21. The standard InChI is InChI=1S/C47H88NO10P/c1-3-5-7-9-11-13-15-17-19-21-23-25-27-29-31-33-35-37-39-46(50)58-43(41-56-59(53,54)57-42-44(48)47(51)52)40-55-45(49)38-36-34-32-30-28-26-24-22-20-18-16-14-12-10-8-6-4-2/h24,26,30,32,43-44H,3-23,25,27-29,31,33-42,48H2,1-2H3,(H,51,52)(H,53,54)/b26-24+,32-30+/t43-,44+/m1/s1. The number of carbonyl (C=O) groups is 3. The minimum Gasteiger partial charge on any atom is -0.480 e. The molecule has 0 aromatic heterocycles. The zero-order valence-corrected chi connectivity index (χ0v) is 38.5. The molecule has 12 heteroatoms. The highest BCUT2D eigenvalue weighted by Crippen LogP contribution is 2.43. The van der Waals surface area contributed by atoms with Crippen LogP contribution in [-0.4, -0.2) is 59.9 Å². The summed E-state index contributed by atoms with van der Waals surface area (Å²) in [6.07, 6.45) is 45.3. The molecule has 0 bridgehead atoms. The van der Waals surface area contributed by atoms with Gasteiger partial charge in [0.2, 0.25) is 0 Å². The summed E-state index contributed by atoms with van der Waals surface area (Å²) in [5.74, 6) is -2.42. The van der Waals surface area contributed by atoms with Crippen molar-refractivity contribution in [3.05, 3.63) is 24.3 Å². The lowest BCUT2D eigenvalue weighted by Crippen LogP contribution is -2.34. The van der Waals surface area contributed by atoms with Gasteiger partial charge < -0.3 is 25.2 Å². The molecular formula is C47H88NO10P. The molecule has 0 amide bonds. The fourth-order valence-electron chi connectivity index (χ4n) is 6.69. The summed E-state index contributed by atoms with van der Waals surface area (Å²) in [5, 5.41) is 8.90. The second-order valence-electron chi connectivity index (χ2n) is 16.2. The topological polar surface area (TPSA) is 172 Å². The molecule has 0 aromatic carbocycles. The Morgan fingerprint density at radius 2 is 0.915 bits per heavy atom. The van der Waals surface area contributed by atoms with Gasteiger partial charge in [-0.2, -0.15) is 0 Å². The molecule has 346 valence electrons. The first-order valence-electron chi connectivity index (χ1n) is 23.9. The molecule has 0 spiro atoms. The van der Waals surface area contributed by atoms with Crippen LogP contribution in [0.4, 0.5) is 0 Å². The van der Waals surface area contributed by atoms with Crippen LogP contribution in [-0.2, 0) is 37.5 Å². The van der Waals surface area contributed by atoms with E-state index in [1.54, 1.807) is 0 Å². The van der Waals surface area contributed by atoms with Gasteiger partial charge in [-0.05, 0) is 38.5 Å². The van der Waals surface area contributed by atoms with Crippen molar-refractivity contribution < 1.29 is 47.5 Å². The number of allylic oxidation sites excluding steroid dienone is 4. The predicted molar refractivity (Wildman–Crippen MR) is 240 cm³/mol. The molecule has 0 fully saturated rings. The van der Waals surface area contributed by atoms with Crippen LogP contribution in [0.5, 0.6) is 0 Å². The minimum atomic E-state index is -4.72. The number of esters is 2. The van der Waals surface area contributed by atoms with Crippen LogP contribution in [0, 0.1) is 0 Å². The number of carboxylic acid groups (broad SMARTS) is 1. The van der Waals surface area contributed by atoms with Gasteiger partial charge in [0.1, 0.15) is 12.6 Å². The highest BCUT2D eigenvalue weighted by Gasteiger charge is 2.28. The Kier molecular flexibility index (Phi) is 41.2. The first-order valence-corrected chi connectivity index (χ1v) is 25.4. The van der Waals surface area contributed by atoms with Crippen molar-refractivity contribution in [3.8, 4) is 0 Å². The number of rotatable bonds is 45. The van der Waals surface area contributed by atoms with E-state index in [1.165, 1.54) is 148 Å². The van der Waals surface area contributed by atoms with Crippen molar-refractivity contribution >= 4 is 25.7 Å². The molecule has 0 saturated carbocycles. The molecule has 11 nitrogen and oxygen atoms in total. The Bertz CT molecular complexity index is 1100. The van der Waals surface area contributed by atoms with Crippen molar-refractivity contribution in [1.29, 1.82) is 0 Å². The Balaban J connectivity index is 4.33. The largest absolute Gasteiger partial charge is 0.480 e. The van der Waals surface area contributed by atoms with Crippen LogP contribution in [0.2, 0.25) is 0 Å². The molecule has 59 heavy (non-hydrogen) atoms. The fraction of sp³-hybridized carbons (Fsp3) is 0.851. The number of phosphoric ester groups is 1. The van der Waals surface area contributed by atoms with Gasteiger partial charge in [-0.25, -0.2) is 4.57 Å². The molecule has 0 saturated heterocycles. The number of unbranched alkanes of at least 4 members (excludes halogenated alkanes) is 27. The molecule has 0 radical (unpaired) electrons. The Hall–Kier alpha value is -2.04. The van der Waals surface area contributed by atoms with Crippen LogP contribution in [0.25, 0.3) is 0 Å². The molecule has 0 heterocycles. The van der Waals surface area contributed by atoms with E-state index in [1.807, 2.05) is 6.08 Å². The molecule has 0 aliphatic rings. The lowest BCUT2D eigenvalue weighted by atomic mass is 10.0. The smallest absolute Gasteiger partial charge is 0.472 e. The van der Waals surface area contributed by atoms with Crippen molar-refractivity contribution in [3.63, 3.8) is 0 Å². The van der Waals surface area contributed by atoms with Gasteiger partial charge in [-0.1, -0.05) is 199 Å². The number of aliphatic carboxylic acids is 1. The zero-order valence-electron chi connectivity index (χ0n) is 37.6. The van der Waals surface area contributed by atoms with E-state index in [0.29, 0.717) is 19.3 Å². The maximum Gasteiger partial charge on any atom is 0.472 e. The summed E-state index contributed by atoms with van der Waals surface area (Å²) in [4.78, 5) is 46.0. The van der Waals surface area contributed by atoms with Crippen LogP contribution in [0.3, 0.4) is 0 Å². The van der Waals surface area contributed by atoms with E-state index < -0.39 is 51.1 Å². The van der Waals surface area contributed by atoms with Crippen LogP contribution >= 0.6 is 7.82 Å². The molecule has 1 unspecified atom stereocenters. The predicted octanol–water partition coefficient (Wildman–Crippen LogP) is 13.0. The maximum absolute atomic E-state index is 12.7. The first kappa shape index (κ1) is 57.0. The molecule has 0 rings (SSSR count). The van der Waals surface area contributed by atoms with E-state index in [2.05, 4.69) is 36.6 Å². The average molecular weight is 858 g/mol.